The number of halogens is 3. The minimum atomic E-state index is -4.84. The highest BCUT2D eigenvalue weighted by Crippen LogP contribution is 2.67. The number of likely N-dealkylation sites (N-methyl/N-ethyl adjacent to an activating group) is 1. The van der Waals surface area contributed by atoms with E-state index in [0.29, 0.717) is 37.3 Å². The van der Waals surface area contributed by atoms with Gasteiger partial charge in [-0.15, -0.1) is 13.2 Å². The van der Waals surface area contributed by atoms with Gasteiger partial charge in [0.15, 0.2) is 11.5 Å². The number of alkyl halides is 3. The van der Waals surface area contributed by atoms with Gasteiger partial charge in [0.1, 0.15) is 17.3 Å². The van der Waals surface area contributed by atoms with Gasteiger partial charge in [-0.2, -0.15) is 0 Å². The van der Waals surface area contributed by atoms with Crippen LogP contribution in [0.5, 0.6) is 17.2 Å². The topological polar surface area (TPSA) is 105 Å². The molecular formula is C31H32F3N3O6. The normalized spacial score (nSPS) is 30.9. The fourth-order valence-corrected chi connectivity index (χ4v) is 8.49. The number of carbonyl (C=O) groups is 1. The quantitative estimate of drug-likeness (QED) is 0.280. The fourth-order valence-electron chi connectivity index (χ4n) is 8.49. The molecule has 2 aromatic rings. The first-order valence-electron chi connectivity index (χ1n) is 14.7. The van der Waals surface area contributed by atoms with Crippen molar-refractivity contribution in [2.75, 3.05) is 20.1 Å². The molecule has 0 unspecified atom stereocenters. The Morgan fingerprint density at radius 2 is 2.05 bits per heavy atom. The Hall–Kier alpha value is -3.80. The van der Waals surface area contributed by atoms with E-state index in [1.54, 1.807) is 19.2 Å². The number of ether oxygens (including phenoxy) is 2. The van der Waals surface area contributed by atoms with Crippen LogP contribution in [0.1, 0.15) is 48.8 Å². The van der Waals surface area contributed by atoms with Crippen molar-refractivity contribution in [3.63, 3.8) is 0 Å². The Balaban J connectivity index is 1.22. The molecule has 5 aliphatic rings. The third kappa shape index (κ3) is 4.20. The summed E-state index contributed by atoms with van der Waals surface area (Å²) >= 11 is 0. The maximum absolute atomic E-state index is 13.5. The van der Waals surface area contributed by atoms with Crippen molar-refractivity contribution < 1.29 is 37.5 Å². The number of nitrogens with zero attached hydrogens (tertiary/aromatic N) is 3. The van der Waals surface area contributed by atoms with E-state index in [2.05, 4.69) is 9.64 Å². The van der Waals surface area contributed by atoms with Crippen LogP contribution < -0.4 is 9.47 Å². The van der Waals surface area contributed by atoms with E-state index in [4.69, 9.17) is 4.74 Å². The van der Waals surface area contributed by atoms with E-state index in [0.717, 1.165) is 30.5 Å². The summed E-state index contributed by atoms with van der Waals surface area (Å²) in [4.78, 5) is 30.5. The van der Waals surface area contributed by atoms with Crippen molar-refractivity contribution in [3.8, 4) is 17.2 Å². The Labute approximate surface area is 246 Å². The van der Waals surface area contributed by atoms with E-state index in [-0.39, 0.29) is 28.9 Å². The molecule has 0 aromatic heterocycles. The van der Waals surface area contributed by atoms with E-state index < -0.39 is 41.1 Å². The first kappa shape index (κ1) is 28.0. The van der Waals surface area contributed by atoms with Crippen LogP contribution in [0.2, 0.25) is 0 Å². The zero-order valence-corrected chi connectivity index (χ0v) is 23.5. The Bertz CT molecular complexity index is 1530. The van der Waals surface area contributed by atoms with Crippen LogP contribution >= 0.6 is 0 Å². The zero-order chi connectivity index (χ0) is 30.3. The van der Waals surface area contributed by atoms with E-state index >= 15 is 0 Å². The molecule has 0 radical (unpaired) electrons. The number of phenols is 1. The number of rotatable bonds is 7. The SMILES string of the molecule is CN(C(=O)C=Cc1cccc(OC(F)(F)F)c1)[C@H]1CC[C@@]2([N+](=O)[O-])[C@H]3Cc4ccc(O)c5c4[C@@]2(CCN3CC2CC2)[C@H]1O5. The van der Waals surface area contributed by atoms with E-state index in [1.165, 1.54) is 35.3 Å². The molecule has 2 aromatic carbocycles. The highest BCUT2D eigenvalue weighted by molar-refractivity contribution is 5.92. The van der Waals surface area contributed by atoms with Crippen LogP contribution in [0.3, 0.4) is 0 Å². The number of hydrogen-bond donors (Lipinski definition) is 1. The molecule has 2 bridgehead atoms. The number of hydrogen-bond acceptors (Lipinski definition) is 7. The van der Waals surface area contributed by atoms with Crippen LogP contribution in [-0.2, 0) is 16.6 Å². The molecule has 2 saturated carbocycles. The van der Waals surface area contributed by atoms with E-state index in [9.17, 15) is 33.2 Å². The molecule has 228 valence electrons. The predicted octanol–water partition coefficient (Wildman–Crippen LogP) is 4.68. The molecule has 9 nitrogen and oxygen atoms in total. The van der Waals surface area contributed by atoms with Crippen molar-refractivity contribution >= 4 is 12.0 Å². The average Bonchev–Trinajstić information content (AvgIpc) is 3.70. The Morgan fingerprint density at radius 3 is 2.77 bits per heavy atom. The lowest BCUT2D eigenvalue weighted by Crippen LogP contribution is -2.80. The van der Waals surface area contributed by atoms with Crippen LogP contribution in [0.15, 0.2) is 42.5 Å². The number of amides is 1. The van der Waals surface area contributed by atoms with Crippen LogP contribution in [0, 0.1) is 16.0 Å². The highest BCUT2D eigenvalue weighted by atomic mass is 19.4. The molecule has 7 rings (SSSR count). The summed E-state index contributed by atoms with van der Waals surface area (Å²) in [7, 11) is 1.62. The first-order valence-corrected chi connectivity index (χ1v) is 14.7. The molecule has 43 heavy (non-hydrogen) atoms. The lowest BCUT2D eigenvalue weighted by Gasteiger charge is -2.61. The molecule has 1 N–H and O–H groups in total. The standard InChI is InChI=1S/C31H32F3N3O6/c1-35(25(39)10-7-18-3-2-4-21(15-18)43-31(32,33)34)22-11-12-30(37(40)41)24-16-20-8-9-23(38)27-26(20)29(30,28(22)42-27)13-14-36(24)17-19-5-6-19/h2-4,7-10,15,19,22,24,28,38H,5-6,11-14,16-17H2,1H3/t22-,24+,28-,29-,30+/m0/s1. The Morgan fingerprint density at radius 1 is 1.26 bits per heavy atom. The second kappa shape index (κ2) is 9.60. The summed E-state index contributed by atoms with van der Waals surface area (Å²) < 4.78 is 48.5. The monoisotopic (exact) mass is 599 g/mol. The molecule has 12 heteroatoms. The van der Waals surface area contributed by atoms with Gasteiger partial charge >= 0.3 is 6.36 Å². The number of benzene rings is 2. The van der Waals surface area contributed by atoms with Crippen LogP contribution in [-0.4, -0.2) is 76.0 Å². The summed E-state index contributed by atoms with van der Waals surface area (Å²) in [6.07, 6.45) is 0.948. The third-order valence-corrected chi connectivity index (χ3v) is 10.4. The molecular weight excluding hydrogens is 567 g/mol. The number of likely N-dealkylation sites (tertiary alicyclic amines) is 1. The van der Waals surface area contributed by atoms with Gasteiger partial charge in [0.2, 0.25) is 5.91 Å². The van der Waals surface area contributed by atoms with Gasteiger partial charge in [-0.3, -0.25) is 19.8 Å². The molecule has 2 heterocycles. The average molecular weight is 600 g/mol. The fraction of sp³-hybridized carbons (Fsp3) is 0.516. The van der Waals surface area contributed by atoms with Crippen LogP contribution in [0.4, 0.5) is 13.2 Å². The number of carbonyl (C=O) groups excluding carboxylic acids is 1. The van der Waals surface area contributed by atoms with Crippen molar-refractivity contribution in [2.24, 2.45) is 5.92 Å². The third-order valence-electron chi connectivity index (χ3n) is 10.4. The molecule has 2 aliphatic heterocycles. The molecule has 1 saturated heterocycles. The second-order valence-corrected chi connectivity index (χ2v) is 12.6. The second-order valence-electron chi connectivity index (χ2n) is 12.6. The zero-order valence-electron chi connectivity index (χ0n) is 23.5. The lowest BCUT2D eigenvalue weighted by atomic mass is 9.46. The van der Waals surface area contributed by atoms with Crippen molar-refractivity contribution in [1.29, 1.82) is 0 Å². The summed E-state index contributed by atoms with van der Waals surface area (Å²) in [6, 6.07) is 7.90. The molecule has 3 aliphatic carbocycles. The Kier molecular flexibility index (Phi) is 6.25. The summed E-state index contributed by atoms with van der Waals surface area (Å²) in [5.41, 5.74) is -0.331. The summed E-state index contributed by atoms with van der Waals surface area (Å²) in [6.45, 7) is 1.51. The number of piperidine rings is 1. The minimum Gasteiger partial charge on any atom is -0.504 e. The van der Waals surface area contributed by atoms with Gasteiger partial charge in [0, 0.05) is 36.6 Å². The van der Waals surface area contributed by atoms with Gasteiger partial charge in [-0.1, -0.05) is 18.2 Å². The number of aromatic hydroxyl groups is 1. The van der Waals surface area contributed by atoms with Crippen molar-refractivity contribution in [2.45, 2.75) is 74.0 Å². The van der Waals surface area contributed by atoms with Crippen molar-refractivity contribution in [1.82, 2.24) is 9.80 Å². The van der Waals surface area contributed by atoms with Gasteiger partial charge < -0.3 is 19.5 Å². The maximum Gasteiger partial charge on any atom is 0.573 e. The minimum absolute atomic E-state index is 0.0628. The highest BCUT2D eigenvalue weighted by Gasteiger charge is 2.80. The smallest absolute Gasteiger partial charge is 0.504 e. The maximum atomic E-state index is 13.5. The molecule has 1 amide bonds. The molecule has 3 fully saturated rings. The molecule has 5 atom stereocenters. The first-order chi connectivity index (χ1) is 20.4. The van der Waals surface area contributed by atoms with E-state index in [1.807, 2.05) is 6.07 Å². The van der Waals surface area contributed by atoms with Crippen molar-refractivity contribution in [3.05, 3.63) is 69.3 Å². The lowest BCUT2D eigenvalue weighted by molar-refractivity contribution is -0.606. The van der Waals surface area contributed by atoms with Gasteiger partial charge in [-0.25, -0.2) is 0 Å². The number of phenolic OH excluding ortho intramolecular Hbond substituents is 1. The number of nitro groups is 1. The largest absolute Gasteiger partial charge is 0.573 e. The summed E-state index contributed by atoms with van der Waals surface area (Å²) in [5.74, 6) is -0.0251. The van der Waals surface area contributed by atoms with Gasteiger partial charge in [0.25, 0.3) is 5.54 Å². The van der Waals surface area contributed by atoms with Crippen LogP contribution in [0.25, 0.3) is 6.08 Å². The molecule has 1 spiro atoms. The summed E-state index contributed by atoms with van der Waals surface area (Å²) in [5, 5.41) is 24.2. The predicted molar refractivity (Wildman–Crippen MR) is 148 cm³/mol. The van der Waals surface area contributed by atoms with Gasteiger partial charge in [0.05, 0.1) is 12.1 Å². The van der Waals surface area contributed by atoms with Gasteiger partial charge in [-0.05, 0) is 80.0 Å².